The third-order valence-electron chi connectivity index (χ3n) is 0.812. The first-order valence-corrected chi connectivity index (χ1v) is 2.21. The maximum absolute atomic E-state index is 10.2. The SMILES string of the molecule is O=C1NCC=C[N+]1=O. The summed E-state index contributed by atoms with van der Waals surface area (Å²) >= 11 is 0. The van der Waals surface area contributed by atoms with E-state index in [9.17, 15) is 9.70 Å². The molecule has 2 amide bonds. The summed E-state index contributed by atoms with van der Waals surface area (Å²) in [7, 11) is 0. The molecule has 1 aliphatic heterocycles. The monoisotopic (exact) mass is 113 g/mol. The van der Waals surface area contributed by atoms with Gasteiger partial charge in [0.05, 0.1) is 0 Å². The second-order valence-electron chi connectivity index (χ2n) is 1.40. The molecule has 0 radical (unpaired) electrons. The molecule has 0 unspecified atom stereocenters. The van der Waals surface area contributed by atoms with Crippen molar-refractivity contribution in [2.75, 3.05) is 6.54 Å². The topological polar surface area (TPSA) is 49.2 Å². The molecule has 0 saturated heterocycles. The van der Waals surface area contributed by atoms with Crippen molar-refractivity contribution in [2.45, 2.75) is 0 Å². The second-order valence-corrected chi connectivity index (χ2v) is 1.40. The summed E-state index contributed by atoms with van der Waals surface area (Å²) < 4.78 is 0.253. The van der Waals surface area contributed by atoms with E-state index < -0.39 is 6.03 Å². The van der Waals surface area contributed by atoms with E-state index in [0.29, 0.717) is 6.54 Å². The fourth-order valence-corrected chi connectivity index (χ4v) is 0.440. The molecule has 0 aromatic rings. The third kappa shape index (κ3) is 0.726. The fourth-order valence-electron chi connectivity index (χ4n) is 0.440. The molecule has 4 nitrogen and oxygen atoms in total. The van der Waals surface area contributed by atoms with Crippen LogP contribution >= 0.6 is 0 Å². The van der Waals surface area contributed by atoms with Crippen LogP contribution in [-0.2, 0) is 0 Å². The van der Waals surface area contributed by atoms with Crippen molar-refractivity contribution in [1.29, 1.82) is 0 Å². The molecule has 1 N–H and O–H groups in total. The number of urea groups is 1. The van der Waals surface area contributed by atoms with Gasteiger partial charge in [0.15, 0.2) is 0 Å². The molecule has 0 atom stereocenters. The Morgan fingerprint density at radius 1 is 1.75 bits per heavy atom. The van der Waals surface area contributed by atoms with Gasteiger partial charge in [0.1, 0.15) is 12.7 Å². The van der Waals surface area contributed by atoms with Crippen LogP contribution in [-0.4, -0.2) is 17.3 Å². The van der Waals surface area contributed by atoms with Crippen molar-refractivity contribution in [3.8, 4) is 0 Å². The van der Waals surface area contributed by atoms with Crippen LogP contribution in [0.3, 0.4) is 0 Å². The lowest BCUT2D eigenvalue weighted by Gasteiger charge is -1.93. The number of carbonyl (C=O) groups is 1. The first-order chi connectivity index (χ1) is 3.80. The van der Waals surface area contributed by atoms with Crippen molar-refractivity contribution in [3.63, 3.8) is 0 Å². The number of rotatable bonds is 0. The number of hydrogen-bond acceptors (Lipinski definition) is 2. The smallest absolute Gasteiger partial charge is 0.231 e. The molecule has 0 fully saturated rings. The summed E-state index contributed by atoms with van der Waals surface area (Å²) in [6.45, 7) is 0.456. The van der Waals surface area contributed by atoms with Crippen molar-refractivity contribution < 1.29 is 9.55 Å². The van der Waals surface area contributed by atoms with E-state index >= 15 is 0 Å². The van der Waals surface area contributed by atoms with Crippen LogP contribution in [0.25, 0.3) is 0 Å². The summed E-state index contributed by atoms with van der Waals surface area (Å²) in [5.74, 6) is 0. The van der Waals surface area contributed by atoms with Gasteiger partial charge < -0.3 is 0 Å². The molecular formula is C4H5N2O2+. The van der Waals surface area contributed by atoms with Gasteiger partial charge in [0, 0.05) is 10.8 Å². The molecule has 0 aromatic heterocycles. The zero-order valence-corrected chi connectivity index (χ0v) is 4.13. The minimum absolute atomic E-state index is 0.253. The summed E-state index contributed by atoms with van der Waals surface area (Å²) in [6.07, 6.45) is 2.77. The van der Waals surface area contributed by atoms with Crippen molar-refractivity contribution in [3.05, 3.63) is 17.2 Å². The van der Waals surface area contributed by atoms with Crippen LogP contribution in [0.2, 0.25) is 0 Å². The lowest BCUT2D eigenvalue weighted by Crippen LogP contribution is -2.32. The Balaban J connectivity index is 2.75. The maximum atomic E-state index is 10.2. The fraction of sp³-hybridized carbons (Fsp3) is 0.250. The van der Waals surface area contributed by atoms with Gasteiger partial charge in [-0.3, -0.25) is 0 Å². The van der Waals surface area contributed by atoms with Crippen LogP contribution in [0.15, 0.2) is 12.3 Å². The molecule has 42 valence electrons. The second kappa shape index (κ2) is 1.73. The first-order valence-electron chi connectivity index (χ1n) is 2.21. The van der Waals surface area contributed by atoms with Crippen LogP contribution in [0.4, 0.5) is 4.79 Å². The number of carbonyl (C=O) groups excluding carboxylic acids is 1. The minimum Gasteiger partial charge on any atom is -0.231 e. The zero-order chi connectivity index (χ0) is 5.98. The molecule has 0 aliphatic carbocycles. The number of nitrogens with one attached hydrogen (secondary N) is 1. The highest BCUT2D eigenvalue weighted by atomic mass is 16.3. The van der Waals surface area contributed by atoms with Gasteiger partial charge in [-0.2, -0.15) is 4.79 Å². The Labute approximate surface area is 45.8 Å². The molecule has 4 heteroatoms. The van der Waals surface area contributed by atoms with Gasteiger partial charge in [0.2, 0.25) is 0 Å². The molecule has 0 spiro atoms. The zero-order valence-electron chi connectivity index (χ0n) is 4.13. The van der Waals surface area contributed by atoms with Gasteiger partial charge in [-0.1, -0.05) is 4.91 Å². The molecule has 1 heterocycles. The Morgan fingerprint density at radius 3 is 2.88 bits per heavy atom. The Kier molecular flexibility index (Phi) is 1.07. The molecule has 8 heavy (non-hydrogen) atoms. The molecule has 1 rings (SSSR count). The average Bonchev–Trinajstić information content (AvgIpc) is 1.77. The molecular weight excluding hydrogens is 108 g/mol. The highest BCUT2D eigenvalue weighted by Gasteiger charge is 2.18. The summed E-state index contributed by atoms with van der Waals surface area (Å²) in [5.41, 5.74) is 0. The summed E-state index contributed by atoms with van der Waals surface area (Å²) in [4.78, 5) is 20.5. The van der Waals surface area contributed by atoms with E-state index in [1.807, 2.05) is 0 Å². The third-order valence-corrected chi connectivity index (χ3v) is 0.812. The highest BCUT2D eigenvalue weighted by Crippen LogP contribution is 1.84. The lowest BCUT2D eigenvalue weighted by atomic mass is 10.5. The van der Waals surface area contributed by atoms with Gasteiger partial charge in [-0.05, 0) is 0 Å². The van der Waals surface area contributed by atoms with E-state index in [4.69, 9.17) is 0 Å². The first kappa shape index (κ1) is 4.96. The molecule has 0 bridgehead atoms. The number of amides is 2. The molecule has 0 aromatic carbocycles. The standard InChI is InChI=1S/C4H4N2O2/c7-4-5-2-1-3-6(4)8/h1,3H,2H2/p+1. The van der Waals surface area contributed by atoms with E-state index in [1.165, 1.54) is 6.20 Å². The predicted octanol–water partition coefficient (Wildman–Crippen LogP) is 0.00220. The summed E-state index contributed by atoms with van der Waals surface area (Å²) in [6, 6.07) is -0.590. The average molecular weight is 113 g/mol. The van der Waals surface area contributed by atoms with Crippen molar-refractivity contribution >= 4 is 6.03 Å². The Hall–Kier alpha value is -1.19. The largest absolute Gasteiger partial charge is 0.534 e. The van der Waals surface area contributed by atoms with E-state index in [1.54, 1.807) is 6.08 Å². The maximum Gasteiger partial charge on any atom is 0.534 e. The van der Waals surface area contributed by atoms with E-state index in [-0.39, 0.29) is 4.76 Å². The number of nitroso groups, excluding NO2 is 1. The van der Waals surface area contributed by atoms with Crippen LogP contribution in [0, 0.1) is 4.91 Å². The van der Waals surface area contributed by atoms with Gasteiger partial charge in [-0.15, -0.1) is 0 Å². The Morgan fingerprint density at radius 2 is 2.50 bits per heavy atom. The van der Waals surface area contributed by atoms with E-state index in [2.05, 4.69) is 5.32 Å². The molecule has 0 saturated carbocycles. The van der Waals surface area contributed by atoms with Gasteiger partial charge >= 0.3 is 6.03 Å². The minimum atomic E-state index is -0.590. The number of nitrogens with zero attached hydrogens (tertiary/aromatic N) is 1. The molecule has 1 aliphatic rings. The quantitative estimate of drug-likeness (QED) is 0.449. The summed E-state index contributed by atoms with van der Waals surface area (Å²) in [5, 5.41) is 2.32. The lowest BCUT2D eigenvalue weighted by molar-refractivity contribution is -0.377. The van der Waals surface area contributed by atoms with Crippen molar-refractivity contribution in [1.82, 2.24) is 5.32 Å². The van der Waals surface area contributed by atoms with Crippen LogP contribution < -0.4 is 5.32 Å². The normalized spacial score (nSPS) is 18.5. The predicted molar refractivity (Wildman–Crippen MR) is 26.2 cm³/mol. The van der Waals surface area contributed by atoms with Crippen LogP contribution in [0.5, 0.6) is 0 Å². The van der Waals surface area contributed by atoms with Gasteiger partial charge in [-0.25, -0.2) is 5.32 Å². The van der Waals surface area contributed by atoms with Gasteiger partial charge in [0.25, 0.3) is 0 Å². The van der Waals surface area contributed by atoms with Crippen LogP contribution in [0.1, 0.15) is 0 Å². The Bertz CT molecular complexity index is 161. The van der Waals surface area contributed by atoms with E-state index in [0.717, 1.165) is 0 Å². The highest BCUT2D eigenvalue weighted by molar-refractivity contribution is 5.66. The number of hydrogen-bond donors (Lipinski definition) is 1. The van der Waals surface area contributed by atoms with Crippen molar-refractivity contribution in [2.24, 2.45) is 0 Å².